The Balaban J connectivity index is 1.39. The number of hydrogen-bond acceptors (Lipinski definition) is 3. The Kier molecular flexibility index (Phi) is 6.12. The topological polar surface area (TPSA) is 38.8 Å². The summed E-state index contributed by atoms with van der Waals surface area (Å²) in [6, 6.07) is 18.3. The van der Waals surface area contributed by atoms with Crippen molar-refractivity contribution in [1.29, 1.82) is 0 Å². The second kappa shape index (κ2) is 9.11. The number of hydrogen-bond donors (Lipinski definition) is 1. The van der Waals surface area contributed by atoms with Gasteiger partial charge in [0, 0.05) is 32.7 Å². The number of nitrogens with one attached hydrogen (secondary N) is 1. The first-order valence-corrected chi connectivity index (χ1v) is 10.5. The van der Waals surface area contributed by atoms with Crippen molar-refractivity contribution in [1.82, 2.24) is 10.2 Å². The molecule has 0 unspecified atom stereocenters. The van der Waals surface area contributed by atoms with E-state index in [1.165, 1.54) is 38.0 Å². The molecule has 28 heavy (non-hydrogen) atoms. The minimum Gasteiger partial charge on any atom is -0.367 e. The van der Waals surface area contributed by atoms with Crippen LogP contribution < -0.4 is 15.1 Å². The number of amides is 2. The molecule has 4 rings (SSSR count). The van der Waals surface area contributed by atoms with Crippen molar-refractivity contribution < 1.29 is 4.79 Å². The van der Waals surface area contributed by atoms with Gasteiger partial charge in [0.2, 0.25) is 0 Å². The van der Waals surface area contributed by atoms with Crippen molar-refractivity contribution >= 4 is 17.4 Å². The van der Waals surface area contributed by atoms with E-state index in [2.05, 4.69) is 33.3 Å². The summed E-state index contributed by atoms with van der Waals surface area (Å²) >= 11 is 0. The van der Waals surface area contributed by atoms with E-state index in [-0.39, 0.29) is 6.03 Å². The summed E-state index contributed by atoms with van der Waals surface area (Å²) in [5, 5.41) is 3.07. The third kappa shape index (κ3) is 4.47. The zero-order valence-corrected chi connectivity index (χ0v) is 16.5. The van der Waals surface area contributed by atoms with E-state index in [9.17, 15) is 4.79 Å². The Hall–Kier alpha value is -2.53. The van der Waals surface area contributed by atoms with Gasteiger partial charge in [0.25, 0.3) is 0 Å². The van der Waals surface area contributed by atoms with E-state index in [0.29, 0.717) is 6.54 Å². The molecular formula is C23H30N4O. The van der Waals surface area contributed by atoms with E-state index in [4.69, 9.17) is 0 Å². The Labute approximate surface area is 167 Å². The zero-order valence-electron chi connectivity index (χ0n) is 16.5. The number of urea groups is 1. The lowest BCUT2D eigenvalue weighted by molar-refractivity contribution is 0.233. The van der Waals surface area contributed by atoms with Crippen molar-refractivity contribution in [3.05, 3.63) is 60.2 Å². The van der Waals surface area contributed by atoms with E-state index in [1.807, 2.05) is 41.3 Å². The Morgan fingerprint density at radius 2 is 1.50 bits per heavy atom. The third-order valence-corrected chi connectivity index (χ3v) is 5.77. The number of anilines is 2. The maximum Gasteiger partial charge on any atom is 0.322 e. The van der Waals surface area contributed by atoms with Crippen LogP contribution in [0.2, 0.25) is 0 Å². The summed E-state index contributed by atoms with van der Waals surface area (Å²) in [5.41, 5.74) is 3.29. The summed E-state index contributed by atoms with van der Waals surface area (Å²) < 4.78 is 0. The van der Waals surface area contributed by atoms with E-state index in [1.54, 1.807) is 0 Å². The summed E-state index contributed by atoms with van der Waals surface area (Å²) in [6.07, 6.45) is 4.02. The van der Waals surface area contributed by atoms with Crippen LogP contribution >= 0.6 is 0 Å². The lowest BCUT2D eigenvalue weighted by Gasteiger charge is -2.39. The van der Waals surface area contributed by atoms with Crippen LogP contribution in [0, 0.1) is 0 Å². The fourth-order valence-electron chi connectivity index (χ4n) is 4.18. The van der Waals surface area contributed by atoms with Gasteiger partial charge in [-0.2, -0.15) is 0 Å². The van der Waals surface area contributed by atoms with Crippen LogP contribution in [0.3, 0.4) is 0 Å². The standard InChI is InChI=1S/C23H30N4O/c28-23(24-19-20-9-3-1-4-10-20)27-18-17-26(21-11-5-6-12-22(21)27)16-15-25-13-7-2-8-14-25/h1,3-6,9-12H,2,7-8,13-19H2,(H,24,28). The third-order valence-electron chi connectivity index (χ3n) is 5.77. The molecule has 2 aliphatic rings. The molecule has 2 heterocycles. The van der Waals surface area contributed by atoms with Crippen molar-refractivity contribution in [2.45, 2.75) is 25.8 Å². The molecule has 0 aromatic heterocycles. The molecule has 5 nitrogen and oxygen atoms in total. The van der Waals surface area contributed by atoms with E-state index in [0.717, 1.165) is 37.4 Å². The Morgan fingerprint density at radius 1 is 0.786 bits per heavy atom. The van der Waals surface area contributed by atoms with Crippen LogP contribution in [0.25, 0.3) is 0 Å². The number of rotatable bonds is 5. The van der Waals surface area contributed by atoms with Crippen molar-refractivity contribution in [3.63, 3.8) is 0 Å². The number of nitrogens with zero attached hydrogens (tertiary/aromatic N) is 3. The number of carbonyl (C=O) groups is 1. The average molecular weight is 379 g/mol. The smallest absolute Gasteiger partial charge is 0.322 e. The predicted octanol–water partition coefficient (Wildman–Crippen LogP) is 3.71. The molecule has 2 aliphatic heterocycles. The largest absolute Gasteiger partial charge is 0.367 e. The fraction of sp³-hybridized carbons (Fsp3) is 0.435. The van der Waals surface area contributed by atoms with Crippen LogP contribution in [0.15, 0.2) is 54.6 Å². The highest BCUT2D eigenvalue weighted by Gasteiger charge is 2.26. The van der Waals surface area contributed by atoms with Gasteiger partial charge in [-0.1, -0.05) is 48.9 Å². The van der Waals surface area contributed by atoms with Gasteiger partial charge in [-0.15, -0.1) is 0 Å². The molecule has 5 heteroatoms. The van der Waals surface area contributed by atoms with Gasteiger partial charge >= 0.3 is 6.03 Å². The molecule has 0 atom stereocenters. The quantitative estimate of drug-likeness (QED) is 0.862. The van der Waals surface area contributed by atoms with Crippen LogP contribution in [0.4, 0.5) is 16.2 Å². The molecule has 0 radical (unpaired) electrons. The first-order valence-electron chi connectivity index (χ1n) is 10.5. The normalized spacial score (nSPS) is 17.3. The van der Waals surface area contributed by atoms with Gasteiger partial charge in [0.05, 0.1) is 11.4 Å². The lowest BCUT2D eigenvalue weighted by atomic mass is 10.1. The number of piperidine rings is 1. The molecule has 0 bridgehead atoms. The van der Waals surface area contributed by atoms with E-state index < -0.39 is 0 Å². The highest BCUT2D eigenvalue weighted by atomic mass is 16.2. The second-order valence-electron chi connectivity index (χ2n) is 7.67. The van der Waals surface area contributed by atoms with Gasteiger partial charge < -0.3 is 15.1 Å². The van der Waals surface area contributed by atoms with Gasteiger partial charge in [0.15, 0.2) is 0 Å². The minimum absolute atomic E-state index is 0.0213. The summed E-state index contributed by atoms with van der Waals surface area (Å²) in [4.78, 5) is 19.7. The SMILES string of the molecule is O=C(NCc1ccccc1)N1CCN(CCN2CCCCC2)c2ccccc21. The van der Waals surface area contributed by atoms with Crippen molar-refractivity contribution in [2.75, 3.05) is 49.1 Å². The Bertz CT molecular complexity index is 773. The number of benzene rings is 2. The second-order valence-corrected chi connectivity index (χ2v) is 7.67. The number of carbonyl (C=O) groups excluding carboxylic acids is 1. The van der Waals surface area contributed by atoms with Crippen LogP contribution in [0.1, 0.15) is 24.8 Å². The van der Waals surface area contributed by atoms with Gasteiger partial charge in [-0.3, -0.25) is 4.90 Å². The predicted molar refractivity (Wildman–Crippen MR) is 115 cm³/mol. The van der Waals surface area contributed by atoms with Gasteiger partial charge in [-0.25, -0.2) is 4.79 Å². The van der Waals surface area contributed by atoms with Crippen LogP contribution in [-0.2, 0) is 6.54 Å². The van der Waals surface area contributed by atoms with Crippen molar-refractivity contribution in [3.8, 4) is 0 Å². The molecule has 2 amide bonds. The molecule has 2 aromatic rings. The summed E-state index contributed by atoms with van der Waals surface area (Å²) in [5.74, 6) is 0. The minimum atomic E-state index is -0.0213. The van der Waals surface area contributed by atoms with Crippen LogP contribution in [0.5, 0.6) is 0 Å². The molecule has 148 valence electrons. The zero-order chi connectivity index (χ0) is 19.2. The summed E-state index contributed by atoms with van der Waals surface area (Å²) in [7, 11) is 0. The molecule has 0 saturated carbocycles. The molecule has 2 aromatic carbocycles. The van der Waals surface area contributed by atoms with Crippen LogP contribution in [-0.4, -0.2) is 50.2 Å². The molecule has 0 aliphatic carbocycles. The molecule has 0 spiro atoms. The number of para-hydroxylation sites is 2. The lowest BCUT2D eigenvalue weighted by Crippen LogP contribution is -2.49. The van der Waals surface area contributed by atoms with Gasteiger partial charge in [-0.05, 0) is 43.6 Å². The molecule has 1 saturated heterocycles. The fourth-order valence-corrected chi connectivity index (χ4v) is 4.18. The first-order chi connectivity index (χ1) is 13.8. The van der Waals surface area contributed by atoms with Crippen molar-refractivity contribution in [2.24, 2.45) is 0 Å². The highest BCUT2D eigenvalue weighted by molar-refractivity contribution is 5.96. The number of fused-ring (bicyclic) bond motifs is 1. The number of likely N-dealkylation sites (tertiary alicyclic amines) is 1. The maximum atomic E-state index is 12.8. The first kappa shape index (κ1) is 18.8. The van der Waals surface area contributed by atoms with E-state index >= 15 is 0 Å². The molecular weight excluding hydrogens is 348 g/mol. The van der Waals surface area contributed by atoms with Gasteiger partial charge in [0.1, 0.15) is 0 Å². The summed E-state index contributed by atoms with van der Waals surface area (Å²) in [6.45, 7) is 6.73. The maximum absolute atomic E-state index is 12.8. The molecule has 1 fully saturated rings. The average Bonchev–Trinajstić information content (AvgIpc) is 2.77. The Morgan fingerprint density at radius 3 is 2.29 bits per heavy atom. The monoisotopic (exact) mass is 378 g/mol. The molecule has 1 N–H and O–H groups in total. The highest BCUT2D eigenvalue weighted by Crippen LogP contribution is 2.32.